The molecule has 0 aliphatic heterocycles. The zero-order valence-electron chi connectivity index (χ0n) is 12.0. The van der Waals surface area contributed by atoms with E-state index >= 15 is 0 Å². The summed E-state index contributed by atoms with van der Waals surface area (Å²) in [4.78, 5) is 11.7. The van der Waals surface area contributed by atoms with Crippen LogP contribution in [-0.2, 0) is 6.54 Å². The van der Waals surface area contributed by atoms with Crippen LogP contribution in [-0.4, -0.2) is 9.67 Å². The third kappa shape index (κ3) is 2.08. The molecule has 1 N–H and O–H groups in total. The van der Waals surface area contributed by atoms with Crippen LogP contribution in [0.4, 0.5) is 0 Å². The van der Waals surface area contributed by atoms with Gasteiger partial charge in [-0.1, -0.05) is 25.8 Å². The molecule has 4 nitrogen and oxygen atoms in total. The van der Waals surface area contributed by atoms with Gasteiger partial charge in [-0.3, -0.25) is 4.57 Å². The third-order valence-electron chi connectivity index (χ3n) is 4.68. The topological polar surface area (TPSA) is 55.4 Å². The van der Waals surface area contributed by atoms with Crippen LogP contribution >= 0.6 is 0 Å². The number of aliphatic hydroxyl groups excluding tert-OH is 1. The molecule has 1 saturated carbocycles. The van der Waals surface area contributed by atoms with E-state index in [4.69, 9.17) is 4.42 Å². The van der Waals surface area contributed by atoms with Crippen molar-refractivity contribution in [3.8, 4) is 0 Å². The Hall–Kier alpha value is -1.55. The molecule has 0 spiro atoms. The predicted octanol–water partition coefficient (Wildman–Crippen LogP) is 3.08. The van der Waals surface area contributed by atoms with E-state index in [9.17, 15) is 9.90 Å². The van der Waals surface area contributed by atoms with Crippen LogP contribution in [0.15, 0.2) is 27.4 Å². The second-order valence-corrected chi connectivity index (χ2v) is 5.86. The summed E-state index contributed by atoms with van der Waals surface area (Å²) in [5.74, 6) is 0.531. The highest BCUT2D eigenvalue weighted by Gasteiger charge is 2.30. The van der Waals surface area contributed by atoms with E-state index in [2.05, 4.69) is 6.92 Å². The largest absolute Gasteiger partial charge is 0.419 e. The van der Waals surface area contributed by atoms with Crippen LogP contribution in [0.2, 0.25) is 0 Å². The van der Waals surface area contributed by atoms with Gasteiger partial charge >= 0.3 is 5.76 Å². The van der Waals surface area contributed by atoms with E-state index < -0.39 is 6.10 Å². The molecule has 1 aliphatic rings. The molecule has 3 unspecified atom stereocenters. The minimum Gasteiger partial charge on any atom is -0.408 e. The third-order valence-corrected chi connectivity index (χ3v) is 4.68. The summed E-state index contributed by atoms with van der Waals surface area (Å²) in [6.45, 7) is 4.71. The van der Waals surface area contributed by atoms with Gasteiger partial charge in [-0.05, 0) is 42.9 Å². The van der Waals surface area contributed by atoms with Gasteiger partial charge in [-0.25, -0.2) is 4.79 Å². The van der Waals surface area contributed by atoms with Gasteiger partial charge in [0.15, 0.2) is 5.58 Å². The van der Waals surface area contributed by atoms with Crippen LogP contribution in [0.1, 0.15) is 44.8 Å². The summed E-state index contributed by atoms with van der Waals surface area (Å²) in [5.41, 5.74) is 2.22. The van der Waals surface area contributed by atoms with Crippen LogP contribution in [0.3, 0.4) is 0 Å². The second kappa shape index (κ2) is 5.09. The smallest absolute Gasteiger partial charge is 0.408 e. The van der Waals surface area contributed by atoms with Crippen LogP contribution in [0.5, 0.6) is 0 Å². The van der Waals surface area contributed by atoms with Crippen LogP contribution in [0.25, 0.3) is 11.1 Å². The first kappa shape index (κ1) is 13.4. The first-order chi connectivity index (χ1) is 9.61. The lowest BCUT2D eigenvalue weighted by atomic mass is 9.88. The van der Waals surface area contributed by atoms with Gasteiger partial charge in [0.25, 0.3) is 0 Å². The highest BCUT2D eigenvalue weighted by atomic mass is 16.4. The maximum atomic E-state index is 11.7. The minimum atomic E-state index is -0.466. The van der Waals surface area contributed by atoms with E-state index in [1.165, 1.54) is 12.8 Å². The maximum absolute atomic E-state index is 11.7. The average Bonchev–Trinajstić information content (AvgIpc) is 2.99. The van der Waals surface area contributed by atoms with E-state index in [0.717, 1.165) is 17.5 Å². The fraction of sp³-hybridized carbons (Fsp3) is 0.562. The van der Waals surface area contributed by atoms with E-state index in [-0.39, 0.29) is 5.76 Å². The van der Waals surface area contributed by atoms with Gasteiger partial charge in [0, 0.05) is 6.54 Å². The number of rotatable bonds is 3. The second-order valence-electron chi connectivity index (χ2n) is 5.86. The quantitative estimate of drug-likeness (QED) is 0.936. The molecule has 20 heavy (non-hydrogen) atoms. The lowest BCUT2D eigenvalue weighted by Crippen LogP contribution is -2.15. The number of benzene rings is 1. The molecule has 4 heteroatoms. The number of nitrogens with zero attached hydrogens (tertiary/aromatic N) is 1. The molecule has 1 heterocycles. The first-order valence-electron chi connectivity index (χ1n) is 7.43. The summed E-state index contributed by atoms with van der Waals surface area (Å²) >= 11 is 0. The Kier molecular flexibility index (Phi) is 3.42. The minimum absolute atomic E-state index is 0.312. The van der Waals surface area contributed by atoms with Gasteiger partial charge in [0.1, 0.15) is 0 Å². The van der Waals surface area contributed by atoms with Crippen LogP contribution < -0.4 is 5.76 Å². The molecular formula is C16H21NO3. The molecule has 1 fully saturated rings. The van der Waals surface area contributed by atoms with E-state index in [0.29, 0.717) is 24.0 Å². The average molecular weight is 275 g/mol. The standard InChI is InChI=1S/C16H21NO3/c1-3-17-13-8-7-11(9-14(13)20-16(17)19)15(18)12-6-4-5-10(12)2/h7-10,12,15,18H,3-6H2,1-2H3. The summed E-state index contributed by atoms with van der Waals surface area (Å²) in [7, 11) is 0. The number of hydrogen-bond donors (Lipinski definition) is 1. The van der Waals surface area contributed by atoms with Crippen molar-refractivity contribution in [1.29, 1.82) is 0 Å². The van der Waals surface area contributed by atoms with Gasteiger partial charge in [-0.2, -0.15) is 0 Å². The first-order valence-corrected chi connectivity index (χ1v) is 7.43. The summed E-state index contributed by atoms with van der Waals surface area (Å²) in [6.07, 6.45) is 2.98. The van der Waals surface area contributed by atoms with Crippen molar-refractivity contribution in [2.75, 3.05) is 0 Å². The molecule has 1 aromatic heterocycles. The van der Waals surface area contributed by atoms with Gasteiger partial charge in [0.05, 0.1) is 11.6 Å². The molecule has 1 aromatic carbocycles. The van der Waals surface area contributed by atoms with Crippen molar-refractivity contribution in [1.82, 2.24) is 4.57 Å². The number of oxazole rings is 1. The summed E-state index contributed by atoms with van der Waals surface area (Å²) in [6, 6.07) is 5.61. The van der Waals surface area contributed by atoms with E-state index in [1.807, 2.05) is 25.1 Å². The Labute approximate surface area is 118 Å². The molecule has 0 saturated heterocycles. The van der Waals surface area contributed by atoms with Crippen LogP contribution in [0, 0.1) is 11.8 Å². The molecule has 0 radical (unpaired) electrons. The Morgan fingerprint density at radius 2 is 2.25 bits per heavy atom. The van der Waals surface area contributed by atoms with Gasteiger partial charge < -0.3 is 9.52 Å². The predicted molar refractivity (Wildman–Crippen MR) is 77.6 cm³/mol. The van der Waals surface area contributed by atoms with E-state index in [1.54, 1.807) is 4.57 Å². The zero-order valence-corrected chi connectivity index (χ0v) is 12.0. The molecular weight excluding hydrogens is 254 g/mol. The normalized spacial score (nSPS) is 24.4. The molecule has 1 aliphatic carbocycles. The number of hydrogen-bond acceptors (Lipinski definition) is 3. The SMILES string of the molecule is CCn1c(=O)oc2cc(C(O)C3CCCC3C)ccc21. The summed E-state index contributed by atoms with van der Waals surface area (Å²) in [5, 5.41) is 10.6. The Morgan fingerprint density at radius 1 is 1.45 bits per heavy atom. The number of aromatic nitrogens is 1. The van der Waals surface area contributed by atoms with Crippen molar-refractivity contribution in [2.24, 2.45) is 11.8 Å². The van der Waals surface area contributed by atoms with Crippen molar-refractivity contribution in [3.05, 3.63) is 34.3 Å². The number of fused-ring (bicyclic) bond motifs is 1. The van der Waals surface area contributed by atoms with Crippen molar-refractivity contribution >= 4 is 11.1 Å². The Morgan fingerprint density at radius 3 is 2.90 bits per heavy atom. The monoisotopic (exact) mass is 275 g/mol. The molecule has 108 valence electrons. The fourth-order valence-corrected chi connectivity index (χ4v) is 3.46. The highest BCUT2D eigenvalue weighted by Crippen LogP contribution is 2.40. The number of aryl methyl sites for hydroxylation is 1. The highest BCUT2D eigenvalue weighted by molar-refractivity contribution is 5.73. The van der Waals surface area contributed by atoms with Crippen molar-refractivity contribution in [3.63, 3.8) is 0 Å². The molecule has 0 amide bonds. The van der Waals surface area contributed by atoms with Gasteiger partial charge in [0.2, 0.25) is 0 Å². The maximum Gasteiger partial charge on any atom is 0.419 e. The number of aliphatic hydroxyl groups is 1. The Bertz CT molecular complexity index is 670. The molecule has 2 aromatic rings. The zero-order chi connectivity index (χ0) is 14.3. The lowest BCUT2D eigenvalue weighted by Gasteiger charge is -2.22. The van der Waals surface area contributed by atoms with Crippen molar-refractivity contribution < 1.29 is 9.52 Å². The molecule has 3 atom stereocenters. The molecule has 3 rings (SSSR count). The van der Waals surface area contributed by atoms with Crippen molar-refractivity contribution in [2.45, 2.75) is 45.8 Å². The summed E-state index contributed by atoms with van der Waals surface area (Å²) < 4.78 is 6.87. The van der Waals surface area contributed by atoms with Gasteiger partial charge in [-0.15, -0.1) is 0 Å². The fourth-order valence-electron chi connectivity index (χ4n) is 3.46. The lowest BCUT2D eigenvalue weighted by molar-refractivity contribution is 0.0901. The Balaban J connectivity index is 1.98. The molecule has 0 bridgehead atoms.